The first-order chi connectivity index (χ1) is 11.1. The quantitative estimate of drug-likeness (QED) is 0.900. The third-order valence-electron chi connectivity index (χ3n) is 5.04. The van der Waals surface area contributed by atoms with E-state index in [1.165, 1.54) is 6.07 Å². The number of halogens is 1. The van der Waals surface area contributed by atoms with E-state index in [2.05, 4.69) is 4.90 Å². The molecule has 0 bridgehead atoms. The molecular formula is C18H25FN2O2. The van der Waals surface area contributed by atoms with Crippen molar-refractivity contribution in [3.8, 4) is 0 Å². The molecule has 1 saturated carbocycles. The van der Waals surface area contributed by atoms with Crippen LogP contribution >= 0.6 is 0 Å². The molecule has 3 atom stereocenters. The van der Waals surface area contributed by atoms with Crippen molar-refractivity contribution >= 4 is 5.91 Å². The van der Waals surface area contributed by atoms with Crippen molar-refractivity contribution in [2.75, 3.05) is 32.7 Å². The smallest absolute Gasteiger partial charge is 0.226 e. The van der Waals surface area contributed by atoms with Gasteiger partial charge in [0.15, 0.2) is 0 Å². The van der Waals surface area contributed by atoms with E-state index in [4.69, 9.17) is 0 Å². The number of carbonyl (C=O) groups excluding carboxylic acids is 1. The van der Waals surface area contributed by atoms with E-state index in [1.54, 1.807) is 12.1 Å². The number of nitrogens with zero attached hydrogens (tertiary/aromatic N) is 2. The van der Waals surface area contributed by atoms with E-state index < -0.39 is 0 Å². The summed E-state index contributed by atoms with van der Waals surface area (Å²) in [6, 6.07) is 6.77. The highest BCUT2D eigenvalue weighted by molar-refractivity contribution is 5.83. The van der Waals surface area contributed by atoms with Gasteiger partial charge in [0, 0.05) is 38.6 Å². The van der Waals surface area contributed by atoms with Gasteiger partial charge in [0.1, 0.15) is 5.82 Å². The largest absolute Gasteiger partial charge is 0.392 e. The summed E-state index contributed by atoms with van der Waals surface area (Å²) in [7, 11) is 0. The highest BCUT2D eigenvalue weighted by Crippen LogP contribution is 2.49. The zero-order valence-electron chi connectivity index (χ0n) is 13.6. The Morgan fingerprint density at radius 2 is 2.00 bits per heavy atom. The summed E-state index contributed by atoms with van der Waals surface area (Å²) in [4.78, 5) is 16.7. The van der Waals surface area contributed by atoms with Gasteiger partial charge in [-0.2, -0.15) is 0 Å². The van der Waals surface area contributed by atoms with Crippen molar-refractivity contribution in [2.24, 2.45) is 5.92 Å². The van der Waals surface area contributed by atoms with Crippen molar-refractivity contribution in [1.82, 2.24) is 9.80 Å². The van der Waals surface area contributed by atoms with Crippen LogP contribution in [0.25, 0.3) is 0 Å². The van der Waals surface area contributed by atoms with Crippen LogP contribution in [0.4, 0.5) is 4.39 Å². The SMILES string of the molecule is CC[C@H](O)CN1CCN(C(=O)[C@@H]2C[C@H]2c2ccccc2F)CC1. The zero-order chi connectivity index (χ0) is 16.4. The molecular weight excluding hydrogens is 295 g/mol. The van der Waals surface area contributed by atoms with E-state index in [9.17, 15) is 14.3 Å². The first-order valence-electron chi connectivity index (χ1n) is 8.53. The van der Waals surface area contributed by atoms with Crippen LogP contribution in [0, 0.1) is 11.7 Å². The van der Waals surface area contributed by atoms with Crippen LogP contribution in [-0.4, -0.2) is 59.6 Å². The summed E-state index contributed by atoms with van der Waals surface area (Å²) in [5.74, 6) is -0.0524. The molecule has 1 aliphatic heterocycles. The number of piperazine rings is 1. The Morgan fingerprint density at radius 3 is 2.65 bits per heavy atom. The maximum atomic E-state index is 13.8. The normalized spacial score (nSPS) is 26.1. The van der Waals surface area contributed by atoms with Gasteiger partial charge in [-0.15, -0.1) is 0 Å². The molecule has 1 aliphatic carbocycles. The van der Waals surface area contributed by atoms with E-state index in [0.29, 0.717) is 25.2 Å². The number of aliphatic hydroxyl groups excluding tert-OH is 1. The van der Waals surface area contributed by atoms with Gasteiger partial charge in [0.25, 0.3) is 0 Å². The lowest BCUT2D eigenvalue weighted by Gasteiger charge is -2.35. The standard InChI is InChI=1S/C18H25FN2O2/c1-2-13(22)12-20-7-9-21(10-8-20)18(23)16-11-15(16)14-5-3-4-6-17(14)19/h3-6,13,15-16,22H,2,7-12H2,1H3/t13-,15-,16+/m0/s1. The van der Waals surface area contributed by atoms with E-state index >= 15 is 0 Å². The molecule has 126 valence electrons. The summed E-state index contributed by atoms with van der Waals surface area (Å²) in [6.45, 7) is 5.67. The Bertz CT molecular complexity index is 558. The highest BCUT2D eigenvalue weighted by atomic mass is 19.1. The Labute approximate surface area is 136 Å². The summed E-state index contributed by atoms with van der Waals surface area (Å²) < 4.78 is 13.8. The second-order valence-electron chi connectivity index (χ2n) is 6.66. The molecule has 4 nitrogen and oxygen atoms in total. The van der Waals surface area contributed by atoms with Crippen molar-refractivity contribution in [3.63, 3.8) is 0 Å². The molecule has 1 amide bonds. The summed E-state index contributed by atoms with van der Waals surface area (Å²) in [5, 5.41) is 9.71. The average molecular weight is 320 g/mol. The van der Waals surface area contributed by atoms with Crippen LogP contribution in [-0.2, 0) is 4.79 Å². The minimum Gasteiger partial charge on any atom is -0.392 e. The van der Waals surface area contributed by atoms with Gasteiger partial charge in [-0.25, -0.2) is 4.39 Å². The minimum atomic E-state index is -0.286. The number of β-amino-alcohol motifs (C(OH)–C–C–N with tert-alkyl or cyclic N) is 1. The highest BCUT2D eigenvalue weighted by Gasteiger charge is 2.47. The monoisotopic (exact) mass is 320 g/mol. The number of rotatable bonds is 5. The summed E-state index contributed by atoms with van der Waals surface area (Å²) >= 11 is 0. The van der Waals surface area contributed by atoms with E-state index in [-0.39, 0.29) is 29.7 Å². The molecule has 0 aromatic heterocycles. The molecule has 2 fully saturated rings. The Morgan fingerprint density at radius 1 is 1.30 bits per heavy atom. The molecule has 1 aromatic rings. The van der Waals surface area contributed by atoms with E-state index in [1.807, 2.05) is 17.9 Å². The third kappa shape index (κ3) is 3.72. The lowest BCUT2D eigenvalue weighted by Crippen LogP contribution is -2.50. The molecule has 5 heteroatoms. The molecule has 1 heterocycles. The van der Waals surface area contributed by atoms with Crippen LogP contribution in [0.1, 0.15) is 31.2 Å². The molecule has 0 radical (unpaired) electrons. The van der Waals surface area contributed by atoms with Crippen LogP contribution in [0.5, 0.6) is 0 Å². The van der Waals surface area contributed by atoms with Crippen molar-refractivity contribution in [1.29, 1.82) is 0 Å². The molecule has 1 aromatic carbocycles. The number of hydrogen-bond donors (Lipinski definition) is 1. The van der Waals surface area contributed by atoms with Gasteiger partial charge in [0.05, 0.1) is 6.10 Å². The maximum Gasteiger partial charge on any atom is 0.226 e. The number of benzene rings is 1. The fourth-order valence-corrected chi connectivity index (χ4v) is 3.40. The fraction of sp³-hybridized carbons (Fsp3) is 0.611. The zero-order valence-corrected chi connectivity index (χ0v) is 13.6. The Balaban J connectivity index is 1.50. The number of aliphatic hydroxyl groups is 1. The Hall–Kier alpha value is -1.46. The topological polar surface area (TPSA) is 43.8 Å². The second-order valence-corrected chi connectivity index (χ2v) is 6.66. The van der Waals surface area contributed by atoms with Gasteiger partial charge < -0.3 is 10.0 Å². The lowest BCUT2D eigenvalue weighted by atomic mass is 10.1. The third-order valence-corrected chi connectivity index (χ3v) is 5.04. The molecule has 0 spiro atoms. The van der Waals surface area contributed by atoms with Gasteiger partial charge >= 0.3 is 0 Å². The van der Waals surface area contributed by atoms with Crippen molar-refractivity contribution < 1.29 is 14.3 Å². The second kappa shape index (κ2) is 6.97. The van der Waals surface area contributed by atoms with Crippen molar-refractivity contribution in [2.45, 2.75) is 31.8 Å². The van der Waals surface area contributed by atoms with Crippen LogP contribution in [0.2, 0.25) is 0 Å². The number of hydrogen-bond acceptors (Lipinski definition) is 3. The molecule has 2 aliphatic rings. The number of carbonyl (C=O) groups is 1. The molecule has 23 heavy (non-hydrogen) atoms. The predicted molar refractivity (Wildman–Crippen MR) is 86.6 cm³/mol. The van der Waals surface area contributed by atoms with Crippen LogP contribution in [0.3, 0.4) is 0 Å². The summed E-state index contributed by atoms with van der Waals surface area (Å²) in [5.41, 5.74) is 0.676. The average Bonchev–Trinajstić information content (AvgIpc) is 3.35. The summed E-state index contributed by atoms with van der Waals surface area (Å²) in [6.07, 6.45) is 1.23. The lowest BCUT2D eigenvalue weighted by molar-refractivity contribution is -0.134. The van der Waals surface area contributed by atoms with Gasteiger partial charge in [-0.3, -0.25) is 9.69 Å². The van der Waals surface area contributed by atoms with Crippen LogP contribution in [0.15, 0.2) is 24.3 Å². The first-order valence-corrected chi connectivity index (χ1v) is 8.53. The Kier molecular flexibility index (Phi) is 4.97. The predicted octanol–water partition coefficient (Wildman–Crippen LogP) is 1.84. The van der Waals surface area contributed by atoms with Crippen LogP contribution < -0.4 is 0 Å². The minimum absolute atomic E-state index is 0.0450. The molecule has 1 N–H and O–H groups in total. The van der Waals surface area contributed by atoms with Gasteiger partial charge in [-0.1, -0.05) is 25.1 Å². The molecule has 3 rings (SSSR count). The molecule has 0 unspecified atom stereocenters. The van der Waals surface area contributed by atoms with E-state index in [0.717, 1.165) is 25.9 Å². The molecule has 1 saturated heterocycles. The van der Waals surface area contributed by atoms with Gasteiger partial charge in [-0.05, 0) is 30.4 Å². The number of amides is 1. The maximum absolute atomic E-state index is 13.8. The van der Waals surface area contributed by atoms with Gasteiger partial charge in [0.2, 0.25) is 5.91 Å². The van der Waals surface area contributed by atoms with Crippen molar-refractivity contribution in [3.05, 3.63) is 35.6 Å². The first kappa shape index (κ1) is 16.4. The fourth-order valence-electron chi connectivity index (χ4n) is 3.40.